The van der Waals surface area contributed by atoms with E-state index in [1.54, 1.807) is 26.8 Å². The molecule has 4 rings (SSSR count). The number of aliphatic hydroxyl groups is 1. The zero-order valence-corrected chi connectivity index (χ0v) is 37.9. The quantitative estimate of drug-likeness (QED) is 0.0548. The fourth-order valence-electron chi connectivity index (χ4n) is 5.81. The van der Waals surface area contributed by atoms with Gasteiger partial charge in [-0.1, -0.05) is 102 Å². The van der Waals surface area contributed by atoms with Crippen LogP contribution in [-0.2, 0) is 33.5 Å². The minimum Gasteiger partial charge on any atom is -0.481 e. The van der Waals surface area contributed by atoms with E-state index in [0.29, 0.717) is 24.4 Å². The fourth-order valence-corrected chi connectivity index (χ4v) is 5.81. The minimum atomic E-state index is -1.01. The molecule has 0 spiro atoms. The molecule has 0 aliphatic carbocycles. The molecule has 346 valence electrons. The number of hydrogen-bond acceptors (Lipinski definition) is 12. The Bertz CT molecular complexity index is 2110. The van der Waals surface area contributed by atoms with Crippen LogP contribution >= 0.6 is 0 Å². The van der Waals surface area contributed by atoms with Gasteiger partial charge in [0.2, 0.25) is 11.8 Å². The van der Waals surface area contributed by atoms with Crippen LogP contribution in [0.1, 0.15) is 81.6 Å². The Balaban J connectivity index is 0.000000467. The van der Waals surface area contributed by atoms with Crippen molar-refractivity contribution in [3.8, 4) is 0 Å². The largest absolute Gasteiger partial charge is 0.481 e. The maximum atomic E-state index is 12.4. The lowest BCUT2D eigenvalue weighted by Crippen LogP contribution is -2.45. The summed E-state index contributed by atoms with van der Waals surface area (Å²) in [6.45, 7) is 15.9. The highest BCUT2D eigenvalue weighted by molar-refractivity contribution is 6.02. The standard InChI is InChI=1S/C21H26N2O4.C13H14N2O.C8H17NO3.C5H11NO2/c1-13(2)11-19(22)21(26)27-20(25)14(3)23(15(4)24)18-10-9-16-7-5-6-8-17(16)12-18;1-9(14)13(16)15-12-7-6-10-4-2-3-5-11(10)8-12;1-5(2)3-6(9)7(10)4-8(11)12;1-3(2)4(6)5(7)8/h5-10,12-14,19H,11,22H2,1-4H3;2-9H,14H2,1H3,(H,15,16);5-7,10H,3-4,9H2,1-2H3,(H,11,12);3-4H,6H2,1-2H3,(H,7,8)/t14-,19-;9-;6-,7-;4-/m0000/s1. The van der Waals surface area contributed by atoms with Gasteiger partial charge in [-0.15, -0.1) is 0 Å². The first-order valence-electron chi connectivity index (χ1n) is 20.8. The van der Waals surface area contributed by atoms with E-state index in [2.05, 4.69) is 5.32 Å². The van der Waals surface area contributed by atoms with E-state index in [-0.39, 0.29) is 30.1 Å². The van der Waals surface area contributed by atoms with Gasteiger partial charge in [-0.25, -0.2) is 9.59 Å². The number of aliphatic hydroxyl groups excluding tert-OH is 1. The van der Waals surface area contributed by atoms with E-state index < -0.39 is 60.2 Å². The lowest BCUT2D eigenvalue weighted by atomic mass is 9.98. The summed E-state index contributed by atoms with van der Waals surface area (Å²) >= 11 is 0. The molecule has 63 heavy (non-hydrogen) atoms. The number of fused-ring (bicyclic) bond motifs is 2. The van der Waals surface area contributed by atoms with Crippen molar-refractivity contribution in [2.75, 3.05) is 10.2 Å². The van der Waals surface area contributed by atoms with Crippen LogP contribution in [0, 0.1) is 17.8 Å². The van der Waals surface area contributed by atoms with Gasteiger partial charge in [0.1, 0.15) is 18.1 Å². The number of nitrogens with one attached hydrogen (secondary N) is 1. The van der Waals surface area contributed by atoms with Crippen LogP contribution in [-0.4, -0.2) is 87.3 Å². The van der Waals surface area contributed by atoms with Crippen LogP contribution in [0.25, 0.3) is 21.5 Å². The van der Waals surface area contributed by atoms with Crippen molar-refractivity contribution >= 4 is 68.6 Å². The smallest absolute Gasteiger partial charge is 0.336 e. The molecule has 0 bridgehead atoms. The summed E-state index contributed by atoms with van der Waals surface area (Å²) in [4.78, 5) is 69.6. The number of ether oxygens (including phenoxy) is 1. The SMILES string of the molecule is CC(=O)N(c1ccc2ccccc2c1)[C@@H](C)C(=O)OC(=O)[C@@H](N)CC(C)C.CC(C)C[C@H](N)[C@@H](O)CC(=O)O.CC(C)[C@H](N)C(=O)O.C[C@H](N)C(=O)Nc1ccc2ccccc2c1. The molecule has 6 atom stereocenters. The normalized spacial score (nSPS) is 13.7. The fraction of sp³-hybridized carbons (Fsp3) is 0.447. The predicted molar refractivity (Wildman–Crippen MR) is 247 cm³/mol. The zero-order valence-electron chi connectivity index (χ0n) is 37.9. The van der Waals surface area contributed by atoms with Crippen molar-refractivity contribution in [2.45, 2.75) is 118 Å². The maximum absolute atomic E-state index is 12.4. The molecule has 2 amide bonds. The Morgan fingerprint density at radius 3 is 1.59 bits per heavy atom. The number of aliphatic carboxylic acids is 2. The molecule has 16 nitrogen and oxygen atoms in total. The van der Waals surface area contributed by atoms with Gasteiger partial charge in [0.15, 0.2) is 0 Å². The number of benzene rings is 4. The Hall–Kier alpha value is -5.78. The summed E-state index contributed by atoms with van der Waals surface area (Å²) in [5.74, 6) is -3.42. The molecular weight excluding hydrogens is 809 g/mol. The van der Waals surface area contributed by atoms with Crippen molar-refractivity contribution in [2.24, 2.45) is 40.7 Å². The predicted octanol–water partition coefficient (Wildman–Crippen LogP) is 5.40. The highest BCUT2D eigenvalue weighted by atomic mass is 16.6. The number of anilines is 2. The highest BCUT2D eigenvalue weighted by Gasteiger charge is 2.30. The van der Waals surface area contributed by atoms with Gasteiger partial charge >= 0.3 is 23.9 Å². The number of nitrogens with zero attached hydrogens (tertiary/aromatic N) is 1. The molecule has 0 heterocycles. The van der Waals surface area contributed by atoms with E-state index in [0.717, 1.165) is 27.2 Å². The third-order valence-corrected chi connectivity index (χ3v) is 9.36. The lowest BCUT2D eigenvalue weighted by Gasteiger charge is -2.27. The molecule has 0 aliphatic heterocycles. The third-order valence-electron chi connectivity index (χ3n) is 9.36. The van der Waals surface area contributed by atoms with Crippen molar-refractivity contribution in [1.29, 1.82) is 0 Å². The highest BCUT2D eigenvalue weighted by Crippen LogP contribution is 2.25. The molecular formula is C47H68N6O10. The van der Waals surface area contributed by atoms with E-state index >= 15 is 0 Å². The second kappa shape index (κ2) is 27.3. The molecule has 12 N–H and O–H groups in total. The van der Waals surface area contributed by atoms with Crippen LogP contribution in [0.3, 0.4) is 0 Å². The van der Waals surface area contributed by atoms with Crippen molar-refractivity contribution in [3.05, 3.63) is 84.9 Å². The van der Waals surface area contributed by atoms with Gasteiger partial charge in [-0.2, -0.15) is 0 Å². The number of nitrogens with two attached hydrogens (primary N) is 4. The van der Waals surface area contributed by atoms with E-state index in [1.165, 1.54) is 18.7 Å². The summed E-state index contributed by atoms with van der Waals surface area (Å²) < 4.78 is 4.92. The summed E-state index contributed by atoms with van der Waals surface area (Å²) in [7, 11) is 0. The van der Waals surface area contributed by atoms with Crippen LogP contribution in [0.15, 0.2) is 84.9 Å². The molecule has 0 fully saturated rings. The number of carbonyl (C=O) groups is 6. The number of carboxylic acids is 2. The number of hydrogen-bond donors (Lipinski definition) is 8. The van der Waals surface area contributed by atoms with E-state index in [9.17, 15) is 33.9 Å². The monoisotopic (exact) mass is 876 g/mol. The van der Waals surface area contributed by atoms with Gasteiger partial charge in [0, 0.05) is 24.3 Å². The number of rotatable bonds is 15. The van der Waals surface area contributed by atoms with Crippen LogP contribution in [0.2, 0.25) is 0 Å². The third kappa shape index (κ3) is 20.3. The molecule has 4 aromatic carbocycles. The van der Waals surface area contributed by atoms with Gasteiger partial charge < -0.3 is 48.3 Å². The summed E-state index contributed by atoms with van der Waals surface area (Å²) in [6.07, 6.45) is -0.130. The first-order chi connectivity index (χ1) is 29.3. The second-order valence-electron chi connectivity index (χ2n) is 16.5. The van der Waals surface area contributed by atoms with Crippen molar-refractivity contribution in [1.82, 2.24) is 0 Å². The summed E-state index contributed by atoms with van der Waals surface area (Å²) in [5.41, 5.74) is 23.3. The van der Waals surface area contributed by atoms with Gasteiger partial charge in [-0.05, 0) is 90.3 Å². The Morgan fingerprint density at radius 2 is 1.16 bits per heavy atom. The molecule has 0 aromatic heterocycles. The van der Waals surface area contributed by atoms with Crippen LogP contribution in [0.4, 0.5) is 11.4 Å². The van der Waals surface area contributed by atoms with Gasteiger partial charge in [-0.3, -0.25) is 24.1 Å². The van der Waals surface area contributed by atoms with Crippen molar-refractivity contribution < 1.29 is 48.8 Å². The molecule has 0 saturated heterocycles. The van der Waals surface area contributed by atoms with E-state index in [1.807, 2.05) is 107 Å². The maximum Gasteiger partial charge on any atom is 0.336 e. The second-order valence-corrected chi connectivity index (χ2v) is 16.5. The molecule has 0 unspecified atom stereocenters. The molecule has 0 saturated carbocycles. The minimum absolute atomic E-state index is 0.0208. The zero-order chi connectivity index (χ0) is 48.1. The van der Waals surface area contributed by atoms with Crippen LogP contribution < -0.4 is 33.2 Å². The molecule has 4 aromatic rings. The molecule has 0 radical (unpaired) electrons. The Morgan fingerprint density at radius 1 is 0.667 bits per heavy atom. The first kappa shape index (κ1) is 55.2. The molecule has 16 heteroatoms. The summed E-state index contributed by atoms with van der Waals surface area (Å²) in [6, 6.07) is 23.5. The van der Waals surface area contributed by atoms with Gasteiger partial charge in [0.05, 0.1) is 18.6 Å². The lowest BCUT2D eigenvalue weighted by molar-refractivity contribution is -0.162. The average Bonchev–Trinajstić information content (AvgIpc) is 3.20. The Labute approximate surface area is 370 Å². The topological polar surface area (TPSA) is 292 Å². The Kier molecular flexibility index (Phi) is 24.0. The van der Waals surface area contributed by atoms with E-state index in [4.69, 9.17) is 37.9 Å². The summed E-state index contributed by atoms with van der Waals surface area (Å²) in [5, 5.41) is 32.8. The number of carboxylic acid groups (broad SMARTS) is 2. The average molecular weight is 877 g/mol. The van der Waals surface area contributed by atoms with Crippen molar-refractivity contribution in [3.63, 3.8) is 0 Å². The molecule has 0 aliphatic rings. The number of carbonyl (C=O) groups excluding carboxylic acids is 4. The van der Waals surface area contributed by atoms with Crippen LogP contribution in [0.5, 0.6) is 0 Å². The first-order valence-corrected chi connectivity index (χ1v) is 20.8. The number of esters is 2. The van der Waals surface area contributed by atoms with Gasteiger partial charge in [0.25, 0.3) is 0 Å². The number of amides is 2.